The maximum Gasteiger partial charge on any atom is 0.245 e. The Balaban J connectivity index is 1.93. The average Bonchev–Trinajstić information content (AvgIpc) is 2.97. The van der Waals surface area contributed by atoms with Crippen molar-refractivity contribution in [2.45, 2.75) is 6.04 Å². The molecular formula is C15H17N3O2S. The van der Waals surface area contributed by atoms with Crippen LogP contribution in [0.4, 0.5) is 5.13 Å². The molecule has 1 aromatic heterocycles. The number of carbonyl (C=O) groups excluding carboxylic acids is 1. The molecule has 2 rings (SSSR count). The van der Waals surface area contributed by atoms with Crippen molar-refractivity contribution in [1.82, 2.24) is 4.98 Å². The van der Waals surface area contributed by atoms with Gasteiger partial charge in [-0.25, -0.2) is 4.98 Å². The van der Waals surface area contributed by atoms with Crippen LogP contribution in [-0.2, 0) is 9.53 Å². The minimum Gasteiger partial charge on any atom is -0.375 e. The Morgan fingerprint density at radius 3 is 2.95 bits per heavy atom. The quantitative estimate of drug-likeness (QED) is 0.607. The number of hydrogen-bond donors (Lipinski definition) is 2. The minimum atomic E-state index is -0.728. The first-order chi connectivity index (χ1) is 10.2. The number of hydrogen-bond acceptors (Lipinski definition) is 5. The summed E-state index contributed by atoms with van der Waals surface area (Å²) in [7, 11) is 0. The number of nitrogens with two attached hydrogens (primary N) is 1. The van der Waals surface area contributed by atoms with E-state index in [9.17, 15) is 4.79 Å². The lowest BCUT2D eigenvalue weighted by molar-refractivity contribution is -0.118. The van der Waals surface area contributed by atoms with E-state index in [1.165, 1.54) is 11.3 Å². The third-order valence-corrected chi connectivity index (χ3v) is 3.43. The number of rotatable bonds is 7. The number of benzene rings is 1. The van der Waals surface area contributed by atoms with Gasteiger partial charge in [0.2, 0.25) is 5.91 Å². The van der Waals surface area contributed by atoms with E-state index in [4.69, 9.17) is 10.5 Å². The number of carbonyl (C=O) groups is 1. The molecule has 0 aliphatic rings. The van der Waals surface area contributed by atoms with Crippen molar-refractivity contribution in [2.24, 2.45) is 5.73 Å². The average molecular weight is 303 g/mol. The topological polar surface area (TPSA) is 77.2 Å². The molecule has 1 unspecified atom stereocenters. The summed E-state index contributed by atoms with van der Waals surface area (Å²) in [5.74, 6) is -0.312. The standard InChI is InChI=1S/C15H17N3O2S/c1-2-8-20-9-12(16)14(19)18-15-17-13(10-21-15)11-6-4-3-5-7-11/h2-7,10,12H,1,8-9,16H2,(H,17,18,19). The van der Waals surface area contributed by atoms with E-state index in [1.807, 2.05) is 35.7 Å². The summed E-state index contributed by atoms with van der Waals surface area (Å²) in [5.41, 5.74) is 7.56. The van der Waals surface area contributed by atoms with E-state index in [-0.39, 0.29) is 12.5 Å². The van der Waals surface area contributed by atoms with E-state index in [0.29, 0.717) is 11.7 Å². The van der Waals surface area contributed by atoms with Crippen molar-refractivity contribution in [1.29, 1.82) is 0 Å². The molecule has 110 valence electrons. The molecule has 0 spiro atoms. The first kappa shape index (κ1) is 15.4. The molecule has 0 bridgehead atoms. The Morgan fingerprint density at radius 2 is 2.24 bits per heavy atom. The van der Waals surface area contributed by atoms with Gasteiger partial charge in [-0.3, -0.25) is 4.79 Å². The molecule has 0 aliphatic carbocycles. The fourth-order valence-electron chi connectivity index (χ4n) is 1.62. The molecule has 5 nitrogen and oxygen atoms in total. The first-order valence-corrected chi connectivity index (χ1v) is 7.34. The smallest absolute Gasteiger partial charge is 0.245 e. The van der Waals surface area contributed by atoms with Crippen LogP contribution in [0.2, 0.25) is 0 Å². The van der Waals surface area contributed by atoms with Crippen molar-refractivity contribution in [2.75, 3.05) is 18.5 Å². The molecule has 0 radical (unpaired) electrons. The van der Waals surface area contributed by atoms with Gasteiger partial charge in [-0.05, 0) is 0 Å². The Kier molecular flexibility index (Phi) is 5.62. The van der Waals surface area contributed by atoms with Crippen LogP contribution in [0.1, 0.15) is 0 Å². The van der Waals surface area contributed by atoms with Gasteiger partial charge in [0.15, 0.2) is 5.13 Å². The predicted octanol–water partition coefficient (Wildman–Crippen LogP) is 2.28. The van der Waals surface area contributed by atoms with E-state index in [2.05, 4.69) is 16.9 Å². The van der Waals surface area contributed by atoms with Crippen LogP contribution in [-0.4, -0.2) is 30.1 Å². The number of nitrogens with zero attached hydrogens (tertiary/aromatic N) is 1. The van der Waals surface area contributed by atoms with Crippen molar-refractivity contribution >= 4 is 22.4 Å². The zero-order chi connectivity index (χ0) is 15.1. The molecule has 3 N–H and O–H groups in total. The summed E-state index contributed by atoms with van der Waals surface area (Å²) in [4.78, 5) is 16.3. The largest absolute Gasteiger partial charge is 0.375 e. The fourth-order valence-corrected chi connectivity index (χ4v) is 2.35. The van der Waals surface area contributed by atoms with Gasteiger partial charge >= 0.3 is 0 Å². The summed E-state index contributed by atoms with van der Waals surface area (Å²) in [6.45, 7) is 4.05. The summed E-state index contributed by atoms with van der Waals surface area (Å²) >= 11 is 1.36. The van der Waals surface area contributed by atoms with E-state index < -0.39 is 6.04 Å². The lowest BCUT2D eigenvalue weighted by atomic mass is 10.2. The molecular weight excluding hydrogens is 286 g/mol. The van der Waals surface area contributed by atoms with Crippen LogP contribution in [0.25, 0.3) is 11.3 Å². The Hall–Kier alpha value is -2.02. The zero-order valence-electron chi connectivity index (χ0n) is 11.5. The Labute approximate surface area is 127 Å². The van der Waals surface area contributed by atoms with Crippen LogP contribution < -0.4 is 11.1 Å². The molecule has 21 heavy (non-hydrogen) atoms. The first-order valence-electron chi connectivity index (χ1n) is 6.46. The molecule has 1 amide bonds. The second-order valence-electron chi connectivity index (χ2n) is 4.33. The predicted molar refractivity (Wildman–Crippen MR) is 85.2 cm³/mol. The zero-order valence-corrected chi connectivity index (χ0v) is 12.3. The molecule has 2 aromatic rings. The summed E-state index contributed by atoms with van der Waals surface area (Å²) in [6, 6.07) is 9.04. The highest BCUT2D eigenvalue weighted by molar-refractivity contribution is 7.14. The maximum absolute atomic E-state index is 11.9. The third-order valence-electron chi connectivity index (χ3n) is 2.67. The SMILES string of the molecule is C=CCOCC(N)C(=O)Nc1nc(-c2ccccc2)cs1. The molecule has 0 aliphatic heterocycles. The molecule has 0 fully saturated rings. The van der Waals surface area contributed by atoms with Gasteiger partial charge in [0, 0.05) is 10.9 Å². The van der Waals surface area contributed by atoms with Crippen LogP contribution in [0.15, 0.2) is 48.4 Å². The molecule has 1 atom stereocenters. The fraction of sp³-hybridized carbons (Fsp3) is 0.200. The highest BCUT2D eigenvalue weighted by Gasteiger charge is 2.15. The van der Waals surface area contributed by atoms with Crippen molar-refractivity contribution < 1.29 is 9.53 Å². The highest BCUT2D eigenvalue weighted by atomic mass is 32.1. The second-order valence-corrected chi connectivity index (χ2v) is 5.18. The maximum atomic E-state index is 11.9. The van der Waals surface area contributed by atoms with E-state index in [0.717, 1.165) is 11.3 Å². The number of amides is 1. The second kappa shape index (κ2) is 7.68. The van der Waals surface area contributed by atoms with Gasteiger partial charge in [0.25, 0.3) is 0 Å². The molecule has 1 heterocycles. The van der Waals surface area contributed by atoms with E-state index in [1.54, 1.807) is 6.08 Å². The Morgan fingerprint density at radius 1 is 1.48 bits per heavy atom. The number of ether oxygens (including phenoxy) is 1. The molecule has 1 aromatic carbocycles. The molecule has 6 heteroatoms. The van der Waals surface area contributed by atoms with Gasteiger partial charge in [0.1, 0.15) is 6.04 Å². The van der Waals surface area contributed by atoms with Gasteiger partial charge in [-0.1, -0.05) is 36.4 Å². The molecule has 0 saturated carbocycles. The normalized spacial score (nSPS) is 11.9. The number of aromatic nitrogens is 1. The summed E-state index contributed by atoms with van der Waals surface area (Å²) in [5, 5.41) is 5.12. The van der Waals surface area contributed by atoms with Crippen LogP contribution in [0.3, 0.4) is 0 Å². The van der Waals surface area contributed by atoms with Gasteiger partial charge in [-0.2, -0.15) is 0 Å². The monoisotopic (exact) mass is 303 g/mol. The Bertz CT molecular complexity index is 598. The highest BCUT2D eigenvalue weighted by Crippen LogP contribution is 2.24. The third kappa shape index (κ3) is 4.49. The van der Waals surface area contributed by atoms with Crippen LogP contribution >= 0.6 is 11.3 Å². The van der Waals surface area contributed by atoms with Gasteiger partial charge in [0.05, 0.1) is 18.9 Å². The number of nitrogens with one attached hydrogen (secondary N) is 1. The van der Waals surface area contributed by atoms with Crippen molar-refractivity contribution in [3.63, 3.8) is 0 Å². The number of thiazole rings is 1. The van der Waals surface area contributed by atoms with E-state index >= 15 is 0 Å². The lowest BCUT2D eigenvalue weighted by Gasteiger charge is -2.10. The summed E-state index contributed by atoms with van der Waals surface area (Å²) < 4.78 is 5.16. The summed E-state index contributed by atoms with van der Waals surface area (Å²) in [6.07, 6.45) is 1.61. The minimum absolute atomic E-state index is 0.148. The van der Waals surface area contributed by atoms with Crippen LogP contribution in [0.5, 0.6) is 0 Å². The molecule has 0 saturated heterocycles. The van der Waals surface area contributed by atoms with Gasteiger partial charge in [-0.15, -0.1) is 17.9 Å². The number of anilines is 1. The van der Waals surface area contributed by atoms with Gasteiger partial charge < -0.3 is 15.8 Å². The van der Waals surface area contributed by atoms with Crippen LogP contribution in [0, 0.1) is 0 Å². The lowest BCUT2D eigenvalue weighted by Crippen LogP contribution is -2.39. The van der Waals surface area contributed by atoms with Crippen molar-refractivity contribution in [3.05, 3.63) is 48.4 Å². The van der Waals surface area contributed by atoms with Crippen molar-refractivity contribution in [3.8, 4) is 11.3 Å².